The normalized spacial score (nSPS) is 24.7. The maximum absolute atomic E-state index is 12.8. The first-order valence-corrected chi connectivity index (χ1v) is 8.56. The van der Waals surface area contributed by atoms with Gasteiger partial charge in [-0.15, -0.1) is 0 Å². The maximum Gasteiger partial charge on any atom is 0.226 e. The van der Waals surface area contributed by atoms with E-state index in [1.807, 2.05) is 38.1 Å². The van der Waals surface area contributed by atoms with E-state index in [1.165, 1.54) is 0 Å². The average molecular weight is 335 g/mol. The summed E-state index contributed by atoms with van der Waals surface area (Å²) in [7, 11) is 0. The van der Waals surface area contributed by atoms with Gasteiger partial charge in [0.2, 0.25) is 11.8 Å². The van der Waals surface area contributed by atoms with Gasteiger partial charge in [-0.25, -0.2) is 0 Å². The van der Waals surface area contributed by atoms with Gasteiger partial charge in [-0.05, 0) is 51.2 Å². The summed E-state index contributed by atoms with van der Waals surface area (Å²) in [5.74, 6) is 0.143. The van der Waals surface area contributed by atoms with Gasteiger partial charge in [0.1, 0.15) is 0 Å². The van der Waals surface area contributed by atoms with Crippen LogP contribution in [0.3, 0.4) is 0 Å². The van der Waals surface area contributed by atoms with Crippen molar-refractivity contribution in [3.05, 3.63) is 34.9 Å². The van der Waals surface area contributed by atoms with Crippen LogP contribution in [0.25, 0.3) is 0 Å². The van der Waals surface area contributed by atoms with Gasteiger partial charge in [0, 0.05) is 11.4 Å². The van der Waals surface area contributed by atoms with Crippen LogP contribution in [0.5, 0.6) is 0 Å². The summed E-state index contributed by atoms with van der Waals surface area (Å²) >= 11 is 6.24. The van der Waals surface area contributed by atoms with Gasteiger partial charge in [-0.3, -0.25) is 9.59 Å². The summed E-state index contributed by atoms with van der Waals surface area (Å²) in [6.07, 6.45) is 3.61. The number of halogens is 1. The zero-order valence-corrected chi connectivity index (χ0v) is 14.4. The largest absolute Gasteiger partial charge is 0.351 e. The Hall–Kier alpha value is -1.55. The number of nitrogens with one attached hydrogen (secondary N) is 2. The lowest BCUT2D eigenvalue weighted by Crippen LogP contribution is -2.62. The van der Waals surface area contributed by atoms with Gasteiger partial charge in [0.05, 0.1) is 17.0 Å². The molecule has 2 amide bonds. The number of carbonyl (C=O) groups excluding carboxylic acids is 2. The third kappa shape index (κ3) is 3.37. The standard InChI is InChI=1S/C18H23ClN2O2/c1-17(2)14(7-8-15(22)21-17)20-16(23)18(9-10-18)11-12-5-3-4-6-13(12)19/h3-6,14H,7-11H2,1-2H3,(H,20,23)(H,21,22). The first kappa shape index (κ1) is 16.3. The van der Waals surface area contributed by atoms with Gasteiger partial charge < -0.3 is 10.6 Å². The quantitative estimate of drug-likeness (QED) is 0.889. The van der Waals surface area contributed by atoms with Crippen LogP contribution in [-0.2, 0) is 16.0 Å². The number of rotatable bonds is 4. The second-order valence-electron chi connectivity index (χ2n) is 7.38. The van der Waals surface area contributed by atoms with E-state index in [0.717, 1.165) is 23.4 Å². The summed E-state index contributed by atoms with van der Waals surface area (Å²) < 4.78 is 0. The zero-order valence-electron chi connectivity index (χ0n) is 13.6. The molecule has 1 aliphatic heterocycles. The number of amides is 2. The molecule has 2 aliphatic rings. The molecule has 4 nitrogen and oxygen atoms in total. The molecule has 3 rings (SSSR count). The SMILES string of the molecule is CC1(C)NC(=O)CCC1NC(=O)C1(Cc2ccccc2Cl)CC1. The van der Waals surface area contributed by atoms with E-state index < -0.39 is 5.54 Å². The summed E-state index contributed by atoms with van der Waals surface area (Å²) in [6.45, 7) is 3.92. The van der Waals surface area contributed by atoms with E-state index >= 15 is 0 Å². The van der Waals surface area contributed by atoms with Crippen molar-refractivity contribution >= 4 is 23.4 Å². The lowest BCUT2D eigenvalue weighted by Gasteiger charge is -2.40. The molecule has 1 aromatic rings. The molecule has 2 fully saturated rings. The second kappa shape index (κ2) is 5.82. The molecule has 5 heteroatoms. The molecule has 124 valence electrons. The number of hydrogen-bond donors (Lipinski definition) is 2. The number of carbonyl (C=O) groups is 2. The highest BCUT2D eigenvalue weighted by atomic mass is 35.5. The van der Waals surface area contributed by atoms with Crippen molar-refractivity contribution in [1.29, 1.82) is 0 Å². The van der Waals surface area contributed by atoms with Crippen LogP contribution in [0.15, 0.2) is 24.3 Å². The van der Waals surface area contributed by atoms with E-state index in [0.29, 0.717) is 19.3 Å². The number of benzene rings is 1. The van der Waals surface area contributed by atoms with Gasteiger partial charge in [-0.1, -0.05) is 29.8 Å². The Balaban J connectivity index is 1.68. The summed E-state index contributed by atoms with van der Waals surface area (Å²) in [6, 6.07) is 7.68. The third-order valence-electron chi connectivity index (χ3n) is 5.12. The fraction of sp³-hybridized carbons (Fsp3) is 0.556. The highest BCUT2D eigenvalue weighted by Gasteiger charge is 2.51. The number of hydrogen-bond acceptors (Lipinski definition) is 2. The fourth-order valence-corrected chi connectivity index (χ4v) is 3.55. The molecule has 1 aliphatic carbocycles. The predicted molar refractivity (Wildman–Crippen MR) is 90.2 cm³/mol. The van der Waals surface area contributed by atoms with E-state index in [9.17, 15) is 9.59 Å². The zero-order chi connectivity index (χ0) is 16.7. The Morgan fingerprint density at radius 1 is 1.35 bits per heavy atom. The Morgan fingerprint density at radius 3 is 2.65 bits per heavy atom. The van der Waals surface area contributed by atoms with Crippen LogP contribution < -0.4 is 10.6 Å². The van der Waals surface area contributed by atoms with Crippen molar-refractivity contribution in [2.24, 2.45) is 5.41 Å². The lowest BCUT2D eigenvalue weighted by molar-refractivity contribution is -0.131. The first-order valence-electron chi connectivity index (χ1n) is 8.18. The summed E-state index contributed by atoms with van der Waals surface area (Å²) in [4.78, 5) is 24.4. The van der Waals surface area contributed by atoms with Crippen LogP contribution in [0.2, 0.25) is 5.02 Å². The van der Waals surface area contributed by atoms with Crippen LogP contribution in [0, 0.1) is 5.41 Å². The molecule has 23 heavy (non-hydrogen) atoms. The maximum atomic E-state index is 12.8. The van der Waals surface area contributed by atoms with E-state index in [2.05, 4.69) is 10.6 Å². The summed E-state index contributed by atoms with van der Waals surface area (Å²) in [5, 5.41) is 6.86. The van der Waals surface area contributed by atoms with Crippen LogP contribution >= 0.6 is 11.6 Å². The molecule has 1 aromatic carbocycles. The van der Waals surface area contributed by atoms with Crippen molar-refractivity contribution in [3.8, 4) is 0 Å². The molecule has 0 spiro atoms. The van der Waals surface area contributed by atoms with Crippen molar-refractivity contribution < 1.29 is 9.59 Å². The topological polar surface area (TPSA) is 58.2 Å². The molecule has 0 bridgehead atoms. The highest BCUT2D eigenvalue weighted by Crippen LogP contribution is 2.49. The minimum Gasteiger partial charge on any atom is -0.351 e. The molecular formula is C18H23ClN2O2. The van der Waals surface area contributed by atoms with E-state index in [1.54, 1.807) is 0 Å². The fourth-order valence-electron chi connectivity index (χ4n) is 3.35. The van der Waals surface area contributed by atoms with Crippen LogP contribution in [0.1, 0.15) is 45.1 Å². The molecular weight excluding hydrogens is 312 g/mol. The molecule has 2 N–H and O–H groups in total. The van der Waals surface area contributed by atoms with Crippen LogP contribution in [0.4, 0.5) is 0 Å². The van der Waals surface area contributed by atoms with E-state index in [4.69, 9.17) is 11.6 Å². The van der Waals surface area contributed by atoms with Gasteiger partial charge in [0.15, 0.2) is 0 Å². The molecule has 0 aromatic heterocycles. The monoisotopic (exact) mass is 334 g/mol. The average Bonchev–Trinajstić information content (AvgIpc) is 3.25. The van der Waals surface area contributed by atoms with Crippen LogP contribution in [-0.4, -0.2) is 23.4 Å². The molecule has 0 radical (unpaired) electrons. The highest BCUT2D eigenvalue weighted by molar-refractivity contribution is 6.31. The smallest absolute Gasteiger partial charge is 0.226 e. The summed E-state index contributed by atoms with van der Waals surface area (Å²) in [5.41, 5.74) is 0.284. The van der Waals surface area contributed by atoms with Gasteiger partial charge in [-0.2, -0.15) is 0 Å². The van der Waals surface area contributed by atoms with E-state index in [-0.39, 0.29) is 23.3 Å². The Bertz CT molecular complexity index is 638. The molecule has 1 saturated heterocycles. The lowest BCUT2D eigenvalue weighted by atomic mass is 9.85. The molecule has 1 saturated carbocycles. The minimum atomic E-state index is -0.411. The molecule has 1 atom stereocenters. The first-order chi connectivity index (χ1) is 10.8. The van der Waals surface area contributed by atoms with Crippen molar-refractivity contribution in [2.45, 2.75) is 57.5 Å². The molecule has 1 unspecified atom stereocenters. The van der Waals surface area contributed by atoms with Gasteiger partial charge >= 0.3 is 0 Å². The van der Waals surface area contributed by atoms with Crippen molar-refractivity contribution in [1.82, 2.24) is 10.6 Å². The number of piperidine rings is 1. The van der Waals surface area contributed by atoms with Crippen molar-refractivity contribution in [3.63, 3.8) is 0 Å². The Morgan fingerprint density at radius 2 is 2.04 bits per heavy atom. The second-order valence-corrected chi connectivity index (χ2v) is 7.79. The predicted octanol–water partition coefficient (Wildman–Crippen LogP) is 2.84. The Kier molecular flexibility index (Phi) is 4.13. The Labute approximate surface area is 142 Å². The van der Waals surface area contributed by atoms with Gasteiger partial charge in [0.25, 0.3) is 0 Å². The van der Waals surface area contributed by atoms with Crippen molar-refractivity contribution in [2.75, 3.05) is 0 Å². The minimum absolute atomic E-state index is 0.0311. The third-order valence-corrected chi connectivity index (χ3v) is 5.49. The molecule has 1 heterocycles.